The molecule has 1 N–H and O–H groups in total. The van der Waals surface area contributed by atoms with E-state index in [4.69, 9.17) is 0 Å². The van der Waals surface area contributed by atoms with Gasteiger partial charge in [0.05, 0.1) is 6.21 Å². The molecule has 1 amide bonds. The minimum Gasteiger partial charge on any atom is -0.372 e. The molecule has 0 aliphatic heterocycles. The zero-order chi connectivity index (χ0) is 18.1. The van der Waals surface area contributed by atoms with Crippen molar-refractivity contribution in [2.45, 2.75) is 13.8 Å². The quantitative estimate of drug-likeness (QED) is 0.542. The smallest absolute Gasteiger partial charge is 0.271 e. The highest BCUT2D eigenvalue weighted by atomic mass is 79.9. The van der Waals surface area contributed by atoms with Gasteiger partial charge in [-0.15, -0.1) is 0 Å². The Labute approximate surface area is 157 Å². The van der Waals surface area contributed by atoms with Crippen LogP contribution in [0.4, 0.5) is 5.69 Å². The molecule has 0 spiro atoms. The Balaban J connectivity index is 1.94. The topological polar surface area (TPSA) is 44.7 Å². The molecule has 25 heavy (non-hydrogen) atoms. The van der Waals surface area contributed by atoms with Crippen LogP contribution in [-0.2, 0) is 0 Å². The second-order valence-corrected chi connectivity index (χ2v) is 6.27. The van der Waals surface area contributed by atoms with E-state index in [-0.39, 0.29) is 5.91 Å². The Morgan fingerprint density at radius 1 is 1.08 bits per heavy atom. The number of rotatable bonds is 7. The summed E-state index contributed by atoms with van der Waals surface area (Å²) in [6.45, 7) is 6.10. The summed E-state index contributed by atoms with van der Waals surface area (Å²) in [6, 6.07) is 17.4. The van der Waals surface area contributed by atoms with E-state index in [2.05, 4.69) is 45.2 Å². The van der Waals surface area contributed by atoms with E-state index in [9.17, 15) is 4.79 Å². The third kappa shape index (κ3) is 5.87. The first kappa shape index (κ1) is 18.9. The van der Waals surface area contributed by atoms with Gasteiger partial charge in [-0.05, 0) is 65.7 Å². The number of hydrogen-bond acceptors (Lipinski definition) is 3. The lowest BCUT2D eigenvalue weighted by Crippen LogP contribution is -2.22. The van der Waals surface area contributed by atoms with E-state index in [1.807, 2.05) is 60.7 Å². The van der Waals surface area contributed by atoms with Gasteiger partial charge in [-0.2, -0.15) is 5.10 Å². The molecule has 0 atom stereocenters. The van der Waals surface area contributed by atoms with Gasteiger partial charge in [-0.3, -0.25) is 4.79 Å². The first-order valence-electron chi connectivity index (χ1n) is 8.24. The van der Waals surface area contributed by atoms with Crippen LogP contribution >= 0.6 is 15.9 Å². The Morgan fingerprint density at radius 2 is 1.72 bits per heavy atom. The van der Waals surface area contributed by atoms with Gasteiger partial charge in [0.25, 0.3) is 5.91 Å². The summed E-state index contributed by atoms with van der Waals surface area (Å²) < 4.78 is 0.774. The number of carbonyl (C=O) groups is 1. The zero-order valence-electron chi connectivity index (χ0n) is 14.4. The highest BCUT2D eigenvalue weighted by molar-refractivity contribution is 9.12. The Morgan fingerprint density at radius 3 is 2.32 bits per heavy atom. The summed E-state index contributed by atoms with van der Waals surface area (Å²) in [5.41, 5.74) is 5.28. The molecule has 0 aromatic heterocycles. The molecular formula is C20H22BrN3O. The largest absolute Gasteiger partial charge is 0.372 e. The van der Waals surface area contributed by atoms with Crippen LogP contribution < -0.4 is 10.3 Å². The number of allylic oxidation sites excluding steroid dienone is 1. The van der Waals surface area contributed by atoms with E-state index in [1.165, 1.54) is 0 Å². The fourth-order valence-electron chi connectivity index (χ4n) is 2.38. The van der Waals surface area contributed by atoms with Gasteiger partial charge in [0.2, 0.25) is 0 Å². The molecule has 4 nitrogen and oxygen atoms in total. The van der Waals surface area contributed by atoms with Gasteiger partial charge in [0, 0.05) is 28.8 Å². The van der Waals surface area contributed by atoms with E-state index in [0.29, 0.717) is 5.56 Å². The average molecular weight is 400 g/mol. The second kappa shape index (κ2) is 9.79. The standard InChI is InChI=1S/C20H22BrN3O/c1-3-24(4-2)19-12-10-17(11-13-19)20(25)23-22-15-18(21)14-16-8-6-5-7-9-16/h5-15H,3-4H2,1-2H3,(H,23,25). The van der Waals surface area contributed by atoms with Crippen molar-refractivity contribution < 1.29 is 4.79 Å². The van der Waals surface area contributed by atoms with Gasteiger partial charge in [0.15, 0.2) is 0 Å². The van der Waals surface area contributed by atoms with Gasteiger partial charge < -0.3 is 4.90 Å². The molecule has 0 heterocycles. The Kier molecular flexibility index (Phi) is 7.41. The molecule has 5 heteroatoms. The number of amides is 1. The lowest BCUT2D eigenvalue weighted by Gasteiger charge is -2.20. The van der Waals surface area contributed by atoms with Crippen LogP contribution in [0.1, 0.15) is 29.8 Å². The van der Waals surface area contributed by atoms with Crippen molar-refractivity contribution in [1.29, 1.82) is 0 Å². The predicted molar refractivity (Wildman–Crippen MR) is 109 cm³/mol. The van der Waals surface area contributed by atoms with Crippen molar-refractivity contribution in [3.63, 3.8) is 0 Å². The summed E-state index contributed by atoms with van der Waals surface area (Å²) >= 11 is 3.42. The molecular weight excluding hydrogens is 378 g/mol. The molecule has 2 aromatic carbocycles. The van der Waals surface area contributed by atoms with Crippen molar-refractivity contribution in [3.05, 3.63) is 70.2 Å². The highest BCUT2D eigenvalue weighted by Gasteiger charge is 2.06. The molecule has 2 aromatic rings. The van der Waals surface area contributed by atoms with Crippen LogP contribution in [0.25, 0.3) is 6.08 Å². The molecule has 0 radical (unpaired) electrons. The van der Waals surface area contributed by atoms with E-state index < -0.39 is 0 Å². The number of hydrazone groups is 1. The SMILES string of the molecule is CCN(CC)c1ccc(C(=O)NN=CC(Br)=Cc2ccccc2)cc1. The minimum absolute atomic E-state index is 0.234. The van der Waals surface area contributed by atoms with Gasteiger partial charge in [-0.1, -0.05) is 30.3 Å². The van der Waals surface area contributed by atoms with Crippen LogP contribution in [-0.4, -0.2) is 25.2 Å². The van der Waals surface area contributed by atoms with Crippen molar-refractivity contribution in [1.82, 2.24) is 5.43 Å². The number of carbonyl (C=O) groups excluding carboxylic acids is 1. The lowest BCUT2D eigenvalue weighted by molar-refractivity contribution is 0.0955. The van der Waals surface area contributed by atoms with Crippen LogP contribution in [0.15, 0.2) is 64.2 Å². The maximum atomic E-state index is 12.1. The fourth-order valence-corrected chi connectivity index (χ4v) is 2.74. The minimum atomic E-state index is -0.234. The first-order chi connectivity index (χ1) is 12.1. The zero-order valence-corrected chi connectivity index (χ0v) is 16.0. The molecule has 130 valence electrons. The molecule has 0 saturated heterocycles. The number of nitrogens with one attached hydrogen (secondary N) is 1. The molecule has 0 unspecified atom stereocenters. The van der Waals surface area contributed by atoms with Crippen LogP contribution in [0, 0.1) is 0 Å². The third-order valence-electron chi connectivity index (χ3n) is 3.72. The van der Waals surface area contributed by atoms with Crippen molar-refractivity contribution >= 4 is 39.8 Å². The maximum Gasteiger partial charge on any atom is 0.271 e. The van der Waals surface area contributed by atoms with Crippen molar-refractivity contribution in [3.8, 4) is 0 Å². The molecule has 0 aliphatic rings. The molecule has 0 fully saturated rings. The van der Waals surface area contributed by atoms with Gasteiger partial charge in [-0.25, -0.2) is 5.43 Å². The Hall–Kier alpha value is -2.40. The van der Waals surface area contributed by atoms with Crippen molar-refractivity contribution in [2.24, 2.45) is 5.10 Å². The number of benzene rings is 2. The number of nitrogens with zero attached hydrogens (tertiary/aromatic N) is 2. The number of hydrogen-bond donors (Lipinski definition) is 1. The monoisotopic (exact) mass is 399 g/mol. The third-order valence-corrected chi connectivity index (χ3v) is 4.15. The van der Waals surface area contributed by atoms with E-state index in [1.54, 1.807) is 6.21 Å². The summed E-state index contributed by atoms with van der Waals surface area (Å²) in [5.74, 6) is -0.234. The number of anilines is 1. The number of halogens is 1. The lowest BCUT2D eigenvalue weighted by atomic mass is 10.2. The highest BCUT2D eigenvalue weighted by Crippen LogP contribution is 2.15. The predicted octanol–water partition coefficient (Wildman–Crippen LogP) is 4.68. The van der Waals surface area contributed by atoms with E-state index >= 15 is 0 Å². The summed E-state index contributed by atoms with van der Waals surface area (Å²) in [7, 11) is 0. The van der Waals surface area contributed by atoms with Crippen LogP contribution in [0.2, 0.25) is 0 Å². The van der Waals surface area contributed by atoms with Crippen molar-refractivity contribution in [2.75, 3.05) is 18.0 Å². The maximum absolute atomic E-state index is 12.1. The van der Waals surface area contributed by atoms with Gasteiger partial charge >= 0.3 is 0 Å². The first-order valence-corrected chi connectivity index (χ1v) is 9.04. The summed E-state index contributed by atoms with van der Waals surface area (Å²) in [6.07, 6.45) is 3.49. The molecule has 2 rings (SSSR count). The second-order valence-electron chi connectivity index (χ2n) is 5.36. The molecule has 0 aliphatic carbocycles. The summed E-state index contributed by atoms with van der Waals surface area (Å²) in [5, 5.41) is 3.98. The molecule has 0 saturated carbocycles. The average Bonchev–Trinajstić information content (AvgIpc) is 2.64. The van der Waals surface area contributed by atoms with E-state index in [0.717, 1.165) is 28.8 Å². The van der Waals surface area contributed by atoms with Gasteiger partial charge in [0.1, 0.15) is 0 Å². The normalized spacial score (nSPS) is 11.6. The van der Waals surface area contributed by atoms with Crippen LogP contribution in [0.5, 0.6) is 0 Å². The fraction of sp³-hybridized carbons (Fsp3) is 0.200. The summed E-state index contributed by atoms with van der Waals surface area (Å²) in [4.78, 5) is 14.4. The molecule has 0 bridgehead atoms. The van der Waals surface area contributed by atoms with Crippen LogP contribution in [0.3, 0.4) is 0 Å². The Bertz CT molecular complexity index is 735.